The number of nitrogens with zero attached hydrogens (tertiary/aromatic N) is 1. The molecule has 2 aromatic rings. The first-order chi connectivity index (χ1) is 9.36. The van der Waals surface area contributed by atoms with Crippen LogP contribution in [0, 0.1) is 0 Å². The number of benzene rings is 1. The van der Waals surface area contributed by atoms with Crippen LogP contribution in [-0.4, -0.2) is 11.1 Å². The second kappa shape index (κ2) is 5.38. The van der Waals surface area contributed by atoms with Gasteiger partial charge in [0.2, 0.25) is 0 Å². The number of hydrazine groups is 1. The van der Waals surface area contributed by atoms with Gasteiger partial charge in [-0.15, -0.1) is 0 Å². The molecule has 3 rings (SSSR count). The van der Waals surface area contributed by atoms with Crippen LogP contribution < -0.4 is 16.0 Å². The average Bonchev–Trinajstić information content (AvgIpc) is 3.27. The molecule has 1 aliphatic rings. The van der Waals surface area contributed by atoms with Crippen molar-refractivity contribution in [3.63, 3.8) is 0 Å². The summed E-state index contributed by atoms with van der Waals surface area (Å²) in [7, 11) is 0. The second-order valence-electron chi connectivity index (χ2n) is 4.74. The molecule has 1 atom stereocenters. The summed E-state index contributed by atoms with van der Waals surface area (Å²) in [6.07, 6.45) is 4.53. The van der Waals surface area contributed by atoms with Gasteiger partial charge in [-0.3, -0.25) is 10.8 Å². The Labute approximate surface area is 112 Å². The van der Waals surface area contributed by atoms with Crippen LogP contribution >= 0.6 is 0 Å². The molecular formula is C15H17N3O. The van der Waals surface area contributed by atoms with Crippen LogP contribution in [0.1, 0.15) is 30.1 Å². The second-order valence-corrected chi connectivity index (χ2v) is 4.74. The number of pyridine rings is 1. The summed E-state index contributed by atoms with van der Waals surface area (Å²) in [6.45, 7) is 0. The summed E-state index contributed by atoms with van der Waals surface area (Å²) in [6, 6.07) is 13.7. The summed E-state index contributed by atoms with van der Waals surface area (Å²) in [5.74, 6) is 6.56. The Morgan fingerprint density at radius 3 is 2.53 bits per heavy atom. The van der Waals surface area contributed by atoms with Crippen molar-refractivity contribution in [3.8, 4) is 5.75 Å². The molecule has 3 N–H and O–H groups in total. The smallest absolute Gasteiger partial charge is 0.119 e. The van der Waals surface area contributed by atoms with E-state index in [0.29, 0.717) is 6.10 Å². The molecule has 0 amide bonds. The van der Waals surface area contributed by atoms with E-state index in [9.17, 15) is 0 Å². The standard InChI is InChI=1S/C15H17N3O/c16-18-15(14-3-1-2-10-17-14)11-4-6-12(7-5-11)19-13-8-9-13/h1-7,10,13,15,18H,8-9,16H2. The summed E-state index contributed by atoms with van der Waals surface area (Å²) < 4.78 is 5.73. The van der Waals surface area contributed by atoms with Crippen molar-refractivity contribution in [2.75, 3.05) is 0 Å². The first kappa shape index (κ1) is 12.1. The van der Waals surface area contributed by atoms with E-state index in [-0.39, 0.29) is 6.04 Å². The Morgan fingerprint density at radius 2 is 1.95 bits per heavy atom. The number of nitrogens with two attached hydrogens (primary N) is 1. The van der Waals surface area contributed by atoms with Crippen molar-refractivity contribution in [2.45, 2.75) is 25.0 Å². The predicted octanol–water partition coefficient (Wildman–Crippen LogP) is 2.18. The number of hydrogen-bond acceptors (Lipinski definition) is 4. The van der Waals surface area contributed by atoms with E-state index in [2.05, 4.69) is 10.4 Å². The third kappa shape index (κ3) is 2.92. The minimum Gasteiger partial charge on any atom is -0.490 e. The molecule has 4 heteroatoms. The van der Waals surface area contributed by atoms with Gasteiger partial charge < -0.3 is 4.74 Å². The minimum atomic E-state index is -0.101. The Balaban J connectivity index is 1.79. The topological polar surface area (TPSA) is 60.2 Å². The molecule has 1 aromatic carbocycles. The average molecular weight is 255 g/mol. The van der Waals surface area contributed by atoms with Crippen LogP contribution in [0.5, 0.6) is 5.75 Å². The first-order valence-electron chi connectivity index (χ1n) is 6.50. The fourth-order valence-corrected chi connectivity index (χ4v) is 2.02. The SMILES string of the molecule is NNC(c1ccc(OC2CC2)cc1)c1ccccn1. The van der Waals surface area contributed by atoms with E-state index in [4.69, 9.17) is 10.6 Å². The maximum absolute atomic E-state index is 5.73. The van der Waals surface area contributed by atoms with E-state index in [1.165, 1.54) is 12.8 Å². The molecule has 1 saturated carbocycles. The van der Waals surface area contributed by atoms with Gasteiger partial charge in [-0.2, -0.15) is 0 Å². The molecule has 0 spiro atoms. The van der Waals surface area contributed by atoms with Crippen molar-refractivity contribution in [1.82, 2.24) is 10.4 Å². The monoisotopic (exact) mass is 255 g/mol. The molecule has 1 aliphatic carbocycles. The van der Waals surface area contributed by atoms with Crippen molar-refractivity contribution in [1.29, 1.82) is 0 Å². The van der Waals surface area contributed by atoms with Crippen molar-refractivity contribution < 1.29 is 4.74 Å². The number of aromatic nitrogens is 1. The lowest BCUT2D eigenvalue weighted by Crippen LogP contribution is -2.29. The Hall–Kier alpha value is -1.91. The molecule has 1 fully saturated rings. The zero-order valence-electron chi connectivity index (χ0n) is 10.6. The van der Waals surface area contributed by atoms with Crippen LogP contribution in [0.2, 0.25) is 0 Å². The Kier molecular flexibility index (Phi) is 3.44. The number of ether oxygens (including phenoxy) is 1. The predicted molar refractivity (Wildman–Crippen MR) is 73.5 cm³/mol. The number of rotatable bonds is 5. The lowest BCUT2D eigenvalue weighted by atomic mass is 10.0. The van der Waals surface area contributed by atoms with E-state index < -0.39 is 0 Å². The van der Waals surface area contributed by atoms with Crippen LogP contribution in [-0.2, 0) is 0 Å². The van der Waals surface area contributed by atoms with Gasteiger partial charge in [-0.1, -0.05) is 18.2 Å². The Bertz CT molecular complexity index is 523. The van der Waals surface area contributed by atoms with Gasteiger partial charge in [-0.05, 0) is 42.7 Å². The molecule has 4 nitrogen and oxygen atoms in total. The van der Waals surface area contributed by atoms with Crippen LogP contribution in [0.15, 0.2) is 48.7 Å². The van der Waals surface area contributed by atoms with E-state index in [0.717, 1.165) is 17.0 Å². The van der Waals surface area contributed by atoms with Crippen LogP contribution in [0.3, 0.4) is 0 Å². The van der Waals surface area contributed by atoms with E-state index in [1.54, 1.807) is 6.20 Å². The lowest BCUT2D eigenvalue weighted by Gasteiger charge is -2.16. The third-order valence-electron chi connectivity index (χ3n) is 3.19. The number of hydrogen-bond donors (Lipinski definition) is 2. The van der Waals surface area contributed by atoms with Gasteiger partial charge in [0.1, 0.15) is 5.75 Å². The van der Waals surface area contributed by atoms with Gasteiger partial charge in [-0.25, -0.2) is 5.43 Å². The number of nitrogens with one attached hydrogen (secondary N) is 1. The highest BCUT2D eigenvalue weighted by molar-refractivity contribution is 5.33. The van der Waals surface area contributed by atoms with Crippen LogP contribution in [0.25, 0.3) is 0 Å². The fourth-order valence-electron chi connectivity index (χ4n) is 2.02. The molecule has 0 radical (unpaired) electrons. The molecule has 98 valence electrons. The Morgan fingerprint density at radius 1 is 1.16 bits per heavy atom. The molecule has 1 aromatic heterocycles. The summed E-state index contributed by atoms with van der Waals surface area (Å²) >= 11 is 0. The summed E-state index contributed by atoms with van der Waals surface area (Å²) in [5.41, 5.74) is 4.78. The molecule has 19 heavy (non-hydrogen) atoms. The fraction of sp³-hybridized carbons (Fsp3) is 0.267. The van der Waals surface area contributed by atoms with Crippen LogP contribution in [0.4, 0.5) is 0 Å². The molecular weight excluding hydrogens is 238 g/mol. The van der Waals surface area contributed by atoms with Gasteiger partial charge in [0.25, 0.3) is 0 Å². The van der Waals surface area contributed by atoms with Gasteiger partial charge in [0.05, 0.1) is 17.8 Å². The van der Waals surface area contributed by atoms with E-state index in [1.807, 2.05) is 42.5 Å². The molecule has 0 aliphatic heterocycles. The first-order valence-corrected chi connectivity index (χ1v) is 6.50. The van der Waals surface area contributed by atoms with Crippen molar-refractivity contribution in [3.05, 3.63) is 59.9 Å². The molecule has 1 unspecified atom stereocenters. The highest BCUT2D eigenvalue weighted by atomic mass is 16.5. The summed E-state index contributed by atoms with van der Waals surface area (Å²) in [4.78, 5) is 4.33. The molecule has 0 saturated heterocycles. The molecule has 1 heterocycles. The summed E-state index contributed by atoms with van der Waals surface area (Å²) in [5, 5.41) is 0. The van der Waals surface area contributed by atoms with Crippen molar-refractivity contribution >= 4 is 0 Å². The third-order valence-corrected chi connectivity index (χ3v) is 3.19. The van der Waals surface area contributed by atoms with Gasteiger partial charge in [0, 0.05) is 6.20 Å². The maximum Gasteiger partial charge on any atom is 0.119 e. The van der Waals surface area contributed by atoms with E-state index >= 15 is 0 Å². The van der Waals surface area contributed by atoms with Gasteiger partial charge in [0.15, 0.2) is 0 Å². The minimum absolute atomic E-state index is 0.101. The lowest BCUT2D eigenvalue weighted by molar-refractivity contribution is 0.303. The zero-order chi connectivity index (χ0) is 13.1. The van der Waals surface area contributed by atoms with Crippen molar-refractivity contribution in [2.24, 2.45) is 5.84 Å². The van der Waals surface area contributed by atoms with Gasteiger partial charge >= 0.3 is 0 Å². The highest BCUT2D eigenvalue weighted by Crippen LogP contribution is 2.28. The zero-order valence-corrected chi connectivity index (χ0v) is 10.6. The quantitative estimate of drug-likeness (QED) is 0.635. The molecule has 0 bridgehead atoms. The maximum atomic E-state index is 5.73. The highest BCUT2D eigenvalue weighted by Gasteiger charge is 2.23. The largest absolute Gasteiger partial charge is 0.490 e. The normalized spacial score (nSPS) is 16.1.